The maximum absolute atomic E-state index is 13.8. The van der Waals surface area contributed by atoms with Crippen LogP contribution in [0.15, 0.2) is 12.3 Å². The lowest BCUT2D eigenvalue weighted by Gasteiger charge is -2.34. The van der Waals surface area contributed by atoms with Crippen molar-refractivity contribution in [2.24, 2.45) is 0 Å². The number of nitrogen functional groups attached to an aromatic ring is 1. The Morgan fingerprint density at radius 2 is 1.78 bits per heavy atom. The van der Waals surface area contributed by atoms with Crippen molar-refractivity contribution < 1.29 is 18.3 Å². The molecular weight excluding hydrogens is 420 g/mol. The molecule has 3 fully saturated rings. The lowest BCUT2D eigenvalue weighted by atomic mass is 10.1. The van der Waals surface area contributed by atoms with Gasteiger partial charge in [-0.1, -0.05) is 0 Å². The van der Waals surface area contributed by atoms with E-state index in [0.29, 0.717) is 31.5 Å². The molecule has 3 saturated heterocycles. The lowest BCUT2D eigenvalue weighted by molar-refractivity contribution is 0.0299. The highest BCUT2D eigenvalue weighted by molar-refractivity contribution is 5.64. The number of morpholine rings is 1. The number of nitrogens with two attached hydrogens (primary N) is 1. The average Bonchev–Trinajstić information content (AvgIpc) is 3.15. The van der Waals surface area contributed by atoms with Gasteiger partial charge in [-0.3, -0.25) is 0 Å². The average molecular weight is 447 g/mol. The minimum absolute atomic E-state index is 0.0299. The molecule has 3 aliphatic heterocycles. The number of fused-ring (bicyclic) bond motifs is 2. The van der Waals surface area contributed by atoms with Gasteiger partial charge in [0.1, 0.15) is 5.82 Å². The van der Waals surface area contributed by atoms with Crippen LogP contribution in [-0.4, -0.2) is 71.5 Å². The van der Waals surface area contributed by atoms with Gasteiger partial charge in [0.15, 0.2) is 5.82 Å². The summed E-state index contributed by atoms with van der Waals surface area (Å²) in [4.78, 5) is 22.1. The number of halogens is 2. The summed E-state index contributed by atoms with van der Waals surface area (Å²) >= 11 is 0. The number of anilines is 3. The molecule has 0 aromatic carbocycles. The highest BCUT2D eigenvalue weighted by Gasteiger charge is 2.35. The van der Waals surface area contributed by atoms with Gasteiger partial charge in [0.05, 0.1) is 18.3 Å². The molecular formula is C21H27F2N7O2. The Kier molecular flexibility index (Phi) is 5.76. The van der Waals surface area contributed by atoms with E-state index in [1.54, 1.807) is 7.11 Å². The smallest absolute Gasteiger partial charge is 0.264 e. The standard InChI is InChI=1S/C21H27F2N7O2/c1-31-12-3-2-6-29(9-12)20-26-19(16-8-25-17(24)7-15(16)18(22)23)27-21(28-20)30-10-13-4-5-14(11-30)32-13/h7-8,12-14,18H,2-6,9-11H2,1H3,(H2,24,25). The Morgan fingerprint density at radius 3 is 2.47 bits per heavy atom. The third-order valence-electron chi connectivity index (χ3n) is 6.37. The van der Waals surface area contributed by atoms with Crippen molar-refractivity contribution in [2.45, 2.75) is 50.4 Å². The zero-order valence-electron chi connectivity index (χ0n) is 18.0. The van der Waals surface area contributed by atoms with Gasteiger partial charge in [-0.2, -0.15) is 15.0 Å². The fraction of sp³-hybridized carbons (Fsp3) is 0.619. The first kappa shape index (κ1) is 21.2. The third-order valence-corrected chi connectivity index (χ3v) is 6.37. The molecule has 9 nitrogen and oxygen atoms in total. The van der Waals surface area contributed by atoms with Crippen LogP contribution in [0.1, 0.15) is 37.7 Å². The number of rotatable bonds is 5. The van der Waals surface area contributed by atoms with E-state index in [-0.39, 0.29) is 41.1 Å². The van der Waals surface area contributed by atoms with Crippen molar-refractivity contribution >= 4 is 17.7 Å². The van der Waals surface area contributed by atoms with Crippen LogP contribution in [0, 0.1) is 0 Å². The van der Waals surface area contributed by atoms with E-state index in [1.165, 1.54) is 12.3 Å². The van der Waals surface area contributed by atoms with Crippen LogP contribution >= 0.6 is 0 Å². The normalized spacial score (nSPS) is 25.6. The second-order valence-corrected chi connectivity index (χ2v) is 8.56. The maximum Gasteiger partial charge on any atom is 0.264 e. The maximum atomic E-state index is 13.8. The summed E-state index contributed by atoms with van der Waals surface area (Å²) in [5, 5.41) is 0. The second-order valence-electron chi connectivity index (χ2n) is 8.56. The summed E-state index contributed by atoms with van der Waals surface area (Å²) in [7, 11) is 1.69. The largest absolute Gasteiger partial charge is 0.384 e. The van der Waals surface area contributed by atoms with E-state index in [0.717, 1.165) is 32.2 Å². The number of alkyl halides is 2. The summed E-state index contributed by atoms with van der Waals surface area (Å²) in [6.07, 6.45) is 2.84. The van der Waals surface area contributed by atoms with Crippen molar-refractivity contribution in [3.05, 3.63) is 17.8 Å². The Morgan fingerprint density at radius 1 is 1.06 bits per heavy atom. The first-order valence-corrected chi connectivity index (χ1v) is 11.0. The monoisotopic (exact) mass is 447 g/mol. The van der Waals surface area contributed by atoms with E-state index >= 15 is 0 Å². The molecule has 0 spiro atoms. The molecule has 3 unspecified atom stereocenters. The Bertz CT molecular complexity index is 967. The van der Waals surface area contributed by atoms with Gasteiger partial charge in [0.25, 0.3) is 6.43 Å². The van der Waals surface area contributed by atoms with E-state index in [1.807, 2.05) is 4.90 Å². The highest BCUT2D eigenvalue weighted by Crippen LogP contribution is 2.33. The molecule has 32 heavy (non-hydrogen) atoms. The molecule has 3 aliphatic rings. The van der Waals surface area contributed by atoms with E-state index in [9.17, 15) is 8.78 Å². The van der Waals surface area contributed by atoms with Crippen LogP contribution in [0.4, 0.5) is 26.5 Å². The first-order valence-electron chi connectivity index (χ1n) is 11.0. The number of nitrogens with zero attached hydrogens (tertiary/aromatic N) is 6. The van der Waals surface area contributed by atoms with Crippen LogP contribution in [0.5, 0.6) is 0 Å². The summed E-state index contributed by atoms with van der Waals surface area (Å²) < 4.78 is 39.1. The summed E-state index contributed by atoms with van der Waals surface area (Å²) in [6, 6.07) is 1.18. The Balaban J connectivity index is 1.57. The zero-order valence-corrected chi connectivity index (χ0v) is 18.0. The van der Waals surface area contributed by atoms with Crippen molar-refractivity contribution in [1.82, 2.24) is 19.9 Å². The highest BCUT2D eigenvalue weighted by atomic mass is 19.3. The summed E-state index contributed by atoms with van der Waals surface area (Å²) in [5.74, 6) is 1.14. The predicted molar refractivity (Wildman–Crippen MR) is 115 cm³/mol. The van der Waals surface area contributed by atoms with Crippen molar-refractivity contribution in [3.63, 3.8) is 0 Å². The summed E-state index contributed by atoms with van der Waals surface area (Å²) in [5.41, 5.74) is 5.59. The molecule has 11 heteroatoms. The number of methoxy groups -OCH3 is 1. The van der Waals surface area contributed by atoms with E-state index < -0.39 is 6.43 Å². The second kappa shape index (κ2) is 8.70. The minimum Gasteiger partial charge on any atom is -0.384 e. The predicted octanol–water partition coefficient (Wildman–Crippen LogP) is 2.44. The van der Waals surface area contributed by atoms with Gasteiger partial charge in [0, 0.05) is 50.6 Å². The first-order chi connectivity index (χ1) is 15.5. The van der Waals surface area contributed by atoms with Gasteiger partial charge >= 0.3 is 0 Å². The fourth-order valence-electron chi connectivity index (χ4n) is 4.70. The van der Waals surface area contributed by atoms with Gasteiger partial charge in [-0.05, 0) is 31.7 Å². The third kappa shape index (κ3) is 4.18. The molecule has 2 aromatic heterocycles. The minimum atomic E-state index is -2.73. The topological polar surface area (TPSA) is 103 Å². The number of aromatic nitrogens is 4. The number of hydrogen-bond acceptors (Lipinski definition) is 9. The molecule has 3 atom stereocenters. The SMILES string of the molecule is COC1CCCN(c2nc(-c3cnc(N)cc3C(F)F)nc(N3CC4CCC(C3)O4)n2)C1. The van der Waals surface area contributed by atoms with Gasteiger partial charge in [-0.15, -0.1) is 0 Å². The van der Waals surface area contributed by atoms with Gasteiger partial charge in [0.2, 0.25) is 11.9 Å². The molecule has 2 bridgehead atoms. The van der Waals surface area contributed by atoms with Gasteiger partial charge in [-0.25, -0.2) is 13.8 Å². The number of hydrogen-bond donors (Lipinski definition) is 1. The van der Waals surface area contributed by atoms with Crippen LogP contribution in [0.2, 0.25) is 0 Å². The fourth-order valence-corrected chi connectivity index (χ4v) is 4.70. The van der Waals surface area contributed by atoms with Gasteiger partial charge < -0.3 is 25.0 Å². The number of piperidine rings is 1. The van der Waals surface area contributed by atoms with Crippen LogP contribution in [0.25, 0.3) is 11.4 Å². The molecule has 2 aromatic rings. The van der Waals surface area contributed by atoms with Crippen molar-refractivity contribution in [3.8, 4) is 11.4 Å². The Labute approximate surface area is 185 Å². The quantitative estimate of drug-likeness (QED) is 0.740. The molecule has 5 rings (SSSR count). The number of ether oxygens (including phenoxy) is 2. The van der Waals surface area contributed by atoms with Crippen LogP contribution in [0.3, 0.4) is 0 Å². The Hall–Kier alpha value is -2.66. The van der Waals surface area contributed by atoms with E-state index in [4.69, 9.17) is 20.2 Å². The molecule has 172 valence electrons. The molecule has 5 heterocycles. The molecule has 0 radical (unpaired) electrons. The molecule has 0 aliphatic carbocycles. The zero-order chi connectivity index (χ0) is 22.2. The molecule has 2 N–H and O–H groups in total. The van der Waals surface area contributed by atoms with Crippen molar-refractivity contribution in [2.75, 3.05) is 48.8 Å². The molecule has 0 amide bonds. The number of pyridine rings is 1. The lowest BCUT2D eigenvalue weighted by Crippen LogP contribution is -2.44. The van der Waals surface area contributed by atoms with Crippen LogP contribution in [-0.2, 0) is 9.47 Å². The van der Waals surface area contributed by atoms with E-state index in [2.05, 4.69) is 19.9 Å². The van der Waals surface area contributed by atoms with Crippen LogP contribution < -0.4 is 15.5 Å². The summed E-state index contributed by atoms with van der Waals surface area (Å²) in [6.45, 7) is 2.73. The molecule has 0 saturated carbocycles. The van der Waals surface area contributed by atoms with Crippen molar-refractivity contribution in [1.29, 1.82) is 0 Å².